The van der Waals surface area contributed by atoms with E-state index in [1.165, 1.54) is 0 Å². The second kappa shape index (κ2) is 15.0. The van der Waals surface area contributed by atoms with Crippen molar-refractivity contribution in [2.24, 2.45) is 0 Å². The molecule has 11 heteroatoms. The zero-order valence-corrected chi connectivity index (χ0v) is 19.9. The van der Waals surface area contributed by atoms with Gasteiger partial charge in [0.15, 0.2) is 12.3 Å². The average molecular weight is 543 g/mol. The number of alkyl halides is 8. The Bertz CT molecular complexity index is 900. The number of aliphatic hydroxyl groups is 2. The third-order valence-corrected chi connectivity index (χ3v) is 5.45. The van der Waals surface area contributed by atoms with E-state index in [4.69, 9.17) is 10.2 Å². The van der Waals surface area contributed by atoms with Gasteiger partial charge in [0.2, 0.25) is 0 Å². The molecule has 3 nitrogen and oxygen atoms in total. The molecule has 0 bridgehead atoms. The molecule has 208 valence electrons. The predicted molar refractivity (Wildman–Crippen MR) is 122 cm³/mol. The highest BCUT2D eigenvalue weighted by Crippen LogP contribution is 2.34. The van der Waals surface area contributed by atoms with Crippen LogP contribution in [0.2, 0.25) is 0 Å². The van der Waals surface area contributed by atoms with Gasteiger partial charge in [0.25, 0.3) is 11.6 Å². The Morgan fingerprint density at radius 3 is 1.46 bits per heavy atom. The smallest absolute Gasteiger partial charge is 0.356 e. The fraction of sp³-hybridized carbons (Fsp3) is 0.500. The number of halogens is 8. The van der Waals surface area contributed by atoms with Gasteiger partial charge < -0.3 is 10.2 Å². The van der Waals surface area contributed by atoms with E-state index in [-0.39, 0.29) is 19.3 Å². The lowest BCUT2D eigenvalue weighted by atomic mass is 10.0. The van der Waals surface area contributed by atoms with Gasteiger partial charge in [-0.1, -0.05) is 67.1 Å². The molecule has 0 aliphatic heterocycles. The Hall–Kier alpha value is -2.53. The van der Waals surface area contributed by atoms with Crippen LogP contribution < -0.4 is 0 Å². The van der Waals surface area contributed by atoms with Gasteiger partial charge in [-0.3, -0.25) is 4.79 Å². The molecule has 0 fully saturated rings. The lowest BCUT2D eigenvalue weighted by Gasteiger charge is -2.27. The van der Waals surface area contributed by atoms with E-state index in [1.54, 1.807) is 0 Å². The lowest BCUT2D eigenvalue weighted by Crippen LogP contribution is -2.52. The summed E-state index contributed by atoms with van der Waals surface area (Å²) in [6.45, 7) is 0. The maximum absolute atomic E-state index is 13.2. The highest BCUT2D eigenvalue weighted by atomic mass is 19.4. The zero-order chi connectivity index (χ0) is 28.1. The summed E-state index contributed by atoms with van der Waals surface area (Å²) in [5.41, 5.74) is 2.06. The molecule has 2 rings (SSSR count). The van der Waals surface area contributed by atoms with E-state index in [2.05, 4.69) is 0 Å². The second-order valence-corrected chi connectivity index (χ2v) is 8.48. The van der Waals surface area contributed by atoms with Crippen molar-refractivity contribution < 1.29 is 50.1 Å². The molecule has 0 aliphatic rings. The number of benzene rings is 2. The van der Waals surface area contributed by atoms with Gasteiger partial charge in [-0.05, 0) is 56.1 Å². The minimum Gasteiger partial charge on any atom is -0.356 e. The van der Waals surface area contributed by atoms with Gasteiger partial charge >= 0.3 is 12.4 Å². The SMILES string of the molecule is O=C(C(F)CCCCc1ccccc1)C(F)(F)F.OC(O)(C(F)CCCCc1ccccc1)C(F)(F)F. The number of ketones is 1. The number of unbranched alkanes of at least 4 members (excludes halogenated alkanes) is 2. The fourth-order valence-corrected chi connectivity index (χ4v) is 3.28. The maximum Gasteiger partial charge on any atom is 0.453 e. The fourth-order valence-electron chi connectivity index (χ4n) is 3.28. The van der Waals surface area contributed by atoms with Gasteiger partial charge in [0, 0.05) is 0 Å². The van der Waals surface area contributed by atoms with Gasteiger partial charge in [0.1, 0.15) is 0 Å². The molecule has 0 saturated heterocycles. The van der Waals surface area contributed by atoms with Gasteiger partial charge in [-0.25, -0.2) is 8.78 Å². The van der Waals surface area contributed by atoms with Gasteiger partial charge in [-0.2, -0.15) is 26.3 Å². The van der Waals surface area contributed by atoms with Crippen molar-refractivity contribution in [1.82, 2.24) is 0 Å². The molecule has 37 heavy (non-hydrogen) atoms. The number of carbonyl (C=O) groups is 1. The summed E-state index contributed by atoms with van der Waals surface area (Å²) in [6, 6.07) is 18.6. The van der Waals surface area contributed by atoms with Crippen LogP contribution in [0.1, 0.15) is 49.7 Å². The van der Waals surface area contributed by atoms with Crippen molar-refractivity contribution in [2.45, 2.75) is 81.8 Å². The predicted octanol–water partition coefficient (Wildman–Crippen LogP) is 6.85. The Morgan fingerprint density at radius 1 is 0.676 bits per heavy atom. The quantitative estimate of drug-likeness (QED) is 0.175. The number of carbonyl (C=O) groups excluding carboxylic acids is 1. The van der Waals surface area contributed by atoms with E-state index >= 15 is 0 Å². The summed E-state index contributed by atoms with van der Waals surface area (Å²) in [5.74, 6) is -6.54. The van der Waals surface area contributed by atoms with Crippen molar-refractivity contribution in [2.75, 3.05) is 0 Å². The summed E-state index contributed by atoms with van der Waals surface area (Å²) in [7, 11) is 0. The molecule has 0 heterocycles. The molecule has 0 spiro atoms. The number of aryl methyl sites for hydroxylation is 2. The molecular formula is C26H30F8O3. The van der Waals surface area contributed by atoms with Crippen molar-refractivity contribution >= 4 is 5.78 Å². The molecular weight excluding hydrogens is 512 g/mol. The van der Waals surface area contributed by atoms with Crippen LogP contribution in [-0.2, 0) is 17.6 Å². The van der Waals surface area contributed by atoms with Crippen LogP contribution in [-0.4, -0.2) is 46.5 Å². The Kier molecular flexibility index (Phi) is 13.2. The zero-order valence-electron chi connectivity index (χ0n) is 19.9. The molecule has 0 aliphatic carbocycles. The first-order chi connectivity index (χ1) is 17.2. The summed E-state index contributed by atoms with van der Waals surface area (Å²) < 4.78 is 98.1. The largest absolute Gasteiger partial charge is 0.453 e. The molecule has 2 N–H and O–H groups in total. The Morgan fingerprint density at radius 2 is 1.08 bits per heavy atom. The maximum atomic E-state index is 13.2. The van der Waals surface area contributed by atoms with Crippen LogP contribution >= 0.6 is 0 Å². The Balaban J connectivity index is 0.000000371. The summed E-state index contributed by atoms with van der Waals surface area (Å²) in [4.78, 5) is 10.5. The van der Waals surface area contributed by atoms with E-state index in [1.807, 2.05) is 60.7 Å². The number of Topliss-reactive ketones (excluding diaryl/α,β-unsaturated/α-hetero) is 1. The molecule has 0 saturated carbocycles. The van der Waals surface area contributed by atoms with Gasteiger partial charge in [-0.15, -0.1) is 0 Å². The van der Waals surface area contributed by atoms with Crippen LogP contribution in [0.25, 0.3) is 0 Å². The summed E-state index contributed by atoms with van der Waals surface area (Å²) in [6.07, 6.45) is -13.8. The minimum absolute atomic E-state index is 0.148. The van der Waals surface area contributed by atoms with E-state index in [9.17, 15) is 39.9 Å². The summed E-state index contributed by atoms with van der Waals surface area (Å²) >= 11 is 0. The molecule has 2 aromatic rings. The van der Waals surface area contributed by atoms with Crippen LogP contribution in [0.4, 0.5) is 35.1 Å². The molecule has 2 unspecified atom stereocenters. The van der Waals surface area contributed by atoms with Crippen molar-refractivity contribution in [3.8, 4) is 0 Å². The molecule has 0 radical (unpaired) electrons. The first kappa shape index (κ1) is 32.5. The average Bonchev–Trinajstić information content (AvgIpc) is 2.84. The highest BCUT2D eigenvalue weighted by Gasteiger charge is 2.58. The first-order valence-corrected chi connectivity index (χ1v) is 11.6. The van der Waals surface area contributed by atoms with E-state index in [0.29, 0.717) is 25.7 Å². The van der Waals surface area contributed by atoms with E-state index < -0.39 is 42.7 Å². The van der Waals surface area contributed by atoms with Gasteiger partial charge in [0.05, 0.1) is 0 Å². The number of rotatable bonds is 12. The van der Waals surface area contributed by atoms with Crippen LogP contribution in [0.5, 0.6) is 0 Å². The van der Waals surface area contributed by atoms with Crippen LogP contribution in [0, 0.1) is 0 Å². The highest BCUT2D eigenvalue weighted by molar-refractivity contribution is 5.88. The summed E-state index contributed by atoms with van der Waals surface area (Å²) in [5, 5.41) is 17.4. The normalized spacial score (nSPS) is 13.9. The first-order valence-electron chi connectivity index (χ1n) is 11.6. The molecule has 2 atom stereocenters. The molecule has 2 aromatic carbocycles. The molecule has 0 amide bonds. The van der Waals surface area contributed by atoms with Crippen molar-refractivity contribution in [3.63, 3.8) is 0 Å². The molecule has 0 aromatic heterocycles. The van der Waals surface area contributed by atoms with Crippen molar-refractivity contribution in [1.29, 1.82) is 0 Å². The van der Waals surface area contributed by atoms with Crippen LogP contribution in [0.3, 0.4) is 0 Å². The second-order valence-electron chi connectivity index (χ2n) is 8.48. The van der Waals surface area contributed by atoms with Crippen molar-refractivity contribution in [3.05, 3.63) is 71.8 Å². The monoisotopic (exact) mass is 542 g/mol. The van der Waals surface area contributed by atoms with E-state index in [0.717, 1.165) is 11.1 Å². The Labute approximate surface area is 210 Å². The minimum atomic E-state index is -5.38. The topological polar surface area (TPSA) is 57.5 Å². The lowest BCUT2D eigenvalue weighted by molar-refractivity contribution is -0.369. The third-order valence-electron chi connectivity index (χ3n) is 5.45. The third kappa shape index (κ3) is 12.0. The number of hydrogen-bond donors (Lipinski definition) is 2. The standard InChI is InChI=1S/C13H16F4O2.C13H14F4O/c14-11(12(18,19)13(15,16)17)9-5-4-8-10-6-2-1-3-7-10;14-11(12(18)13(15,16)17)9-5-4-8-10-6-2-1-3-7-10/h1-3,6-7,11,18-19H,4-5,8-9H2;1-3,6-7,11H,4-5,8-9H2. The number of hydrogen-bond acceptors (Lipinski definition) is 3. The van der Waals surface area contributed by atoms with Crippen LogP contribution in [0.15, 0.2) is 60.7 Å².